The van der Waals surface area contributed by atoms with Crippen molar-refractivity contribution in [1.29, 1.82) is 0 Å². The molecule has 1 aliphatic carbocycles. The number of esters is 3. The Labute approximate surface area is 228 Å². The molecule has 10 heteroatoms. The van der Waals surface area contributed by atoms with E-state index in [2.05, 4.69) is 34.0 Å². The largest absolute Gasteiger partial charge is 0.469 e. The highest BCUT2D eigenvalue weighted by atomic mass is 16.6. The van der Waals surface area contributed by atoms with E-state index in [1.165, 1.54) is 14.2 Å². The topological polar surface area (TPSA) is 132 Å². The van der Waals surface area contributed by atoms with Gasteiger partial charge in [-0.25, -0.2) is 0 Å². The lowest BCUT2D eigenvalue weighted by atomic mass is 9.83. The van der Waals surface area contributed by atoms with Crippen LogP contribution in [0.5, 0.6) is 0 Å². The zero-order chi connectivity index (χ0) is 28.5. The zero-order valence-electron chi connectivity index (χ0n) is 24.3. The first-order valence-corrected chi connectivity index (χ1v) is 14.1. The van der Waals surface area contributed by atoms with E-state index in [1.54, 1.807) is 0 Å². The molecule has 0 aliphatic heterocycles. The van der Waals surface area contributed by atoms with Crippen LogP contribution in [-0.4, -0.2) is 81.9 Å². The minimum Gasteiger partial charge on any atom is -0.469 e. The Bertz CT molecular complexity index is 680. The number of aliphatic hydroxyl groups excluding tert-OH is 1. The van der Waals surface area contributed by atoms with E-state index < -0.39 is 12.3 Å². The van der Waals surface area contributed by atoms with Gasteiger partial charge in [-0.3, -0.25) is 14.4 Å². The number of aliphatic hydroxyl groups is 1. The fraction of sp³-hybridized carbons (Fsp3) is 0.893. The highest BCUT2D eigenvalue weighted by Crippen LogP contribution is 2.29. The minimum absolute atomic E-state index is 0.209. The third kappa shape index (κ3) is 15.0. The number of rotatable bonds is 19. The Morgan fingerprint density at radius 3 is 1.79 bits per heavy atom. The van der Waals surface area contributed by atoms with Crippen molar-refractivity contribution in [3.05, 3.63) is 0 Å². The normalized spacial score (nSPS) is 20.1. The molecule has 0 bridgehead atoms. The SMILES string of the molecule is COC(=O)CCNC(CC(C)C)C(=O)OCC1CCC(COC(O)C(CC(C)C)NCCC(=O)OC)CC1. The number of methoxy groups -OCH3 is 2. The molecule has 0 aromatic carbocycles. The quantitative estimate of drug-likeness (QED) is 0.127. The first-order chi connectivity index (χ1) is 18.0. The monoisotopic (exact) mass is 544 g/mol. The van der Waals surface area contributed by atoms with Gasteiger partial charge in [-0.05, 0) is 62.2 Å². The molecule has 3 unspecified atom stereocenters. The Kier molecular flexibility index (Phi) is 17.4. The Morgan fingerprint density at radius 1 is 0.789 bits per heavy atom. The predicted molar refractivity (Wildman–Crippen MR) is 144 cm³/mol. The summed E-state index contributed by atoms with van der Waals surface area (Å²) < 4.78 is 20.8. The average Bonchev–Trinajstić information content (AvgIpc) is 2.88. The van der Waals surface area contributed by atoms with Gasteiger partial charge in [0.25, 0.3) is 0 Å². The molecule has 0 spiro atoms. The second-order valence-corrected chi connectivity index (χ2v) is 11.2. The molecule has 0 saturated heterocycles. The molecule has 1 fully saturated rings. The molecule has 1 saturated carbocycles. The lowest BCUT2D eigenvalue weighted by molar-refractivity contribution is -0.149. The van der Waals surface area contributed by atoms with Crippen LogP contribution < -0.4 is 10.6 Å². The molecule has 3 atom stereocenters. The van der Waals surface area contributed by atoms with Crippen LogP contribution in [0.2, 0.25) is 0 Å². The van der Waals surface area contributed by atoms with Gasteiger partial charge in [-0.15, -0.1) is 0 Å². The van der Waals surface area contributed by atoms with Gasteiger partial charge in [0.05, 0.1) is 46.3 Å². The number of carbonyl (C=O) groups excluding carboxylic acids is 3. The molecule has 0 heterocycles. The van der Waals surface area contributed by atoms with Crippen molar-refractivity contribution >= 4 is 17.9 Å². The molecule has 3 N–H and O–H groups in total. The third-order valence-electron chi connectivity index (χ3n) is 6.90. The summed E-state index contributed by atoms with van der Waals surface area (Å²) in [5, 5.41) is 17.0. The standard InChI is InChI=1S/C28H52N2O8/c1-19(2)15-23(29-13-11-25(31)35-5)27(33)37-17-21-7-9-22(10-8-21)18-38-28(34)24(16-20(3)4)30-14-12-26(32)36-6/h19-24,27,29-30,33H,7-18H2,1-6H3. The van der Waals surface area contributed by atoms with Crippen LogP contribution in [0.3, 0.4) is 0 Å². The van der Waals surface area contributed by atoms with Crippen molar-refractivity contribution < 1.29 is 38.4 Å². The number of hydrogen-bond donors (Lipinski definition) is 3. The van der Waals surface area contributed by atoms with Crippen molar-refractivity contribution in [3.8, 4) is 0 Å². The molecular formula is C28H52N2O8. The predicted octanol–water partition coefficient (Wildman–Crippen LogP) is 2.81. The highest BCUT2D eigenvalue weighted by Gasteiger charge is 2.27. The molecule has 222 valence electrons. The summed E-state index contributed by atoms with van der Waals surface area (Å²) in [6, 6.07) is -0.693. The van der Waals surface area contributed by atoms with E-state index in [0.717, 1.165) is 32.1 Å². The van der Waals surface area contributed by atoms with Crippen molar-refractivity contribution in [2.24, 2.45) is 23.7 Å². The Morgan fingerprint density at radius 2 is 1.29 bits per heavy atom. The molecular weight excluding hydrogens is 492 g/mol. The molecule has 1 rings (SSSR count). The van der Waals surface area contributed by atoms with E-state index in [0.29, 0.717) is 56.4 Å². The van der Waals surface area contributed by atoms with Gasteiger partial charge in [-0.1, -0.05) is 27.7 Å². The molecule has 0 aromatic rings. The Balaban J connectivity index is 2.40. The van der Waals surface area contributed by atoms with E-state index in [9.17, 15) is 19.5 Å². The Hall–Kier alpha value is -1.75. The van der Waals surface area contributed by atoms with Crippen LogP contribution in [0.4, 0.5) is 0 Å². The molecule has 38 heavy (non-hydrogen) atoms. The van der Waals surface area contributed by atoms with Gasteiger partial charge in [0.1, 0.15) is 6.04 Å². The number of hydrogen-bond acceptors (Lipinski definition) is 10. The summed E-state index contributed by atoms with van der Waals surface area (Å²) in [6.07, 6.45) is 4.66. The summed E-state index contributed by atoms with van der Waals surface area (Å²) in [5.41, 5.74) is 0. The van der Waals surface area contributed by atoms with Gasteiger partial charge in [0.15, 0.2) is 6.29 Å². The zero-order valence-corrected chi connectivity index (χ0v) is 24.3. The summed E-state index contributed by atoms with van der Waals surface area (Å²) in [5.74, 6) is 0.464. The summed E-state index contributed by atoms with van der Waals surface area (Å²) in [6.45, 7) is 9.92. The van der Waals surface area contributed by atoms with Gasteiger partial charge < -0.3 is 34.7 Å². The second kappa shape index (κ2) is 19.3. The lowest BCUT2D eigenvalue weighted by Gasteiger charge is -2.31. The van der Waals surface area contributed by atoms with Crippen LogP contribution in [0.25, 0.3) is 0 Å². The van der Waals surface area contributed by atoms with Crippen LogP contribution in [0.15, 0.2) is 0 Å². The first kappa shape index (κ1) is 34.3. The summed E-state index contributed by atoms with van der Waals surface area (Å²) in [7, 11) is 2.71. The van der Waals surface area contributed by atoms with Crippen LogP contribution in [-0.2, 0) is 33.3 Å². The van der Waals surface area contributed by atoms with Gasteiger partial charge in [0, 0.05) is 13.1 Å². The fourth-order valence-electron chi connectivity index (χ4n) is 4.67. The maximum absolute atomic E-state index is 12.7. The maximum atomic E-state index is 12.7. The van der Waals surface area contributed by atoms with Gasteiger partial charge in [-0.2, -0.15) is 0 Å². The summed E-state index contributed by atoms with van der Waals surface area (Å²) in [4.78, 5) is 35.4. The molecule has 1 aliphatic rings. The fourth-order valence-corrected chi connectivity index (χ4v) is 4.67. The van der Waals surface area contributed by atoms with Crippen molar-refractivity contribution in [3.63, 3.8) is 0 Å². The van der Waals surface area contributed by atoms with Crippen molar-refractivity contribution in [2.75, 3.05) is 40.5 Å². The third-order valence-corrected chi connectivity index (χ3v) is 6.90. The van der Waals surface area contributed by atoms with Gasteiger partial charge in [0.2, 0.25) is 0 Å². The van der Waals surface area contributed by atoms with Crippen LogP contribution in [0, 0.1) is 23.7 Å². The number of carbonyl (C=O) groups is 3. The molecule has 0 amide bonds. The highest BCUT2D eigenvalue weighted by molar-refractivity contribution is 5.76. The smallest absolute Gasteiger partial charge is 0.323 e. The van der Waals surface area contributed by atoms with Crippen molar-refractivity contribution in [1.82, 2.24) is 10.6 Å². The van der Waals surface area contributed by atoms with Crippen molar-refractivity contribution in [2.45, 2.75) is 97.4 Å². The molecule has 0 aromatic heterocycles. The number of ether oxygens (including phenoxy) is 4. The van der Waals surface area contributed by atoms with E-state index in [-0.39, 0.29) is 36.8 Å². The maximum Gasteiger partial charge on any atom is 0.323 e. The van der Waals surface area contributed by atoms with E-state index >= 15 is 0 Å². The van der Waals surface area contributed by atoms with E-state index in [4.69, 9.17) is 9.47 Å². The molecule has 10 nitrogen and oxygen atoms in total. The van der Waals surface area contributed by atoms with Crippen LogP contribution in [0.1, 0.15) is 79.1 Å². The minimum atomic E-state index is -0.946. The average molecular weight is 545 g/mol. The summed E-state index contributed by atoms with van der Waals surface area (Å²) >= 11 is 0. The number of nitrogens with one attached hydrogen (secondary N) is 2. The second-order valence-electron chi connectivity index (χ2n) is 11.2. The van der Waals surface area contributed by atoms with E-state index in [1.807, 2.05) is 13.8 Å². The van der Waals surface area contributed by atoms with Gasteiger partial charge >= 0.3 is 17.9 Å². The van der Waals surface area contributed by atoms with Crippen LogP contribution >= 0.6 is 0 Å². The lowest BCUT2D eigenvalue weighted by Crippen LogP contribution is -2.44. The molecule has 0 radical (unpaired) electrons. The first-order valence-electron chi connectivity index (χ1n) is 14.1.